The molecule has 0 fully saturated rings. The molecule has 3 heterocycles. The molecular formula is C25H22N6O4. The van der Waals surface area contributed by atoms with Crippen molar-refractivity contribution >= 4 is 17.5 Å². The van der Waals surface area contributed by atoms with Gasteiger partial charge in [0.15, 0.2) is 23.9 Å². The molecular weight excluding hydrogens is 448 g/mol. The number of methoxy groups -OCH3 is 1. The predicted octanol–water partition coefficient (Wildman–Crippen LogP) is 2.78. The van der Waals surface area contributed by atoms with Crippen LogP contribution in [0.1, 0.15) is 10.5 Å². The number of nitrogens with one attached hydrogen (secondary N) is 2. The molecule has 2 amide bonds. The smallest absolute Gasteiger partial charge is 0.269 e. The summed E-state index contributed by atoms with van der Waals surface area (Å²) in [5, 5.41) is 10.1. The number of carbonyl (C=O) groups excluding carboxylic acids is 2. The number of anilines is 1. The summed E-state index contributed by atoms with van der Waals surface area (Å²) in [7, 11) is 1.52. The lowest BCUT2D eigenvalue weighted by Crippen LogP contribution is -2.35. The van der Waals surface area contributed by atoms with E-state index in [0.717, 1.165) is 0 Å². The van der Waals surface area contributed by atoms with Crippen LogP contribution >= 0.6 is 0 Å². The number of hydrogen-bond acceptors (Lipinski definition) is 7. The normalized spacial score (nSPS) is 12.4. The topological polar surface area (TPSA) is 120 Å². The van der Waals surface area contributed by atoms with Crippen molar-refractivity contribution in [2.45, 2.75) is 6.54 Å². The van der Waals surface area contributed by atoms with Crippen molar-refractivity contribution in [1.82, 2.24) is 25.1 Å². The maximum atomic E-state index is 12.2. The van der Waals surface area contributed by atoms with Crippen molar-refractivity contribution in [3.63, 3.8) is 0 Å². The summed E-state index contributed by atoms with van der Waals surface area (Å²) in [6.45, 7) is 0.986. The van der Waals surface area contributed by atoms with Crippen LogP contribution in [0.5, 0.6) is 11.5 Å². The van der Waals surface area contributed by atoms with Gasteiger partial charge in [0, 0.05) is 24.0 Å². The van der Waals surface area contributed by atoms with E-state index in [1.54, 1.807) is 53.3 Å². The molecule has 0 saturated heterocycles. The monoisotopic (exact) mass is 470 g/mol. The van der Waals surface area contributed by atoms with E-state index >= 15 is 0 Å². The molecule has 0 radical (unpaired) electrons. The first-order valence-electron chi connectivity index (χ1n) is 11.0. The van der Waals surface area contributed by atoms with E-state index < -0.39 is 0 Å². The summed E-state index contributed by atoms with van der Waals surface area (Å²) in [4.78, 5) is 33.3. The van der Waals surface area contributed by atoms with Crippen molar-refractivity contribution in [3.05, 3.63) is 72.6 Å². The zero-order valence-corrected chi connectivity index (χ0v) is 18.9. The van der Waals surface area contributed by atoms with Gasteiger partial charge in [-0.2, -0.15) is 5.10 Å². The number of hydrogen-bond donors (Lipinski definition) is 2. The average molecular weight is 470 g/mol. The lowest BCUT2D eigenvalue weighted by atomic mass is 10.1. The van der Waals surface area contributed by atoms with E-state index in [0.29, 0.717) is 58.7 Å². The molecule has 2 aromatic heterocycles. The van der Waals surface area contributed by atoms with Crippen LogP contribution in [0.4, 0.5) is 5.69 Å². The number of aromatic nitrogens is 4. The zero-order valence-electron chi connectivity index (χ0n) is 18.9. The predicted molar refractivity (Wildman–Crippen MR) is 128 cm³/mol. The summed E-state index contributed by atoms with van der Waals surface area (Å²) in [5.41, 5.74) is 3.09. The van der Waals surface area contributed by atoms with Gasteiger partial charge in [0.2, 0.25) is 0 Å². The minimum absolute atomic E-state index is 0.151. The number of amides is 2. The fourth-order valence-electron chi connectivity index (χ4n) is 3.69. The molecule has 0 atom stereocenters. The van der Waals surface area contributed by atoms with Crippen molar-refractivity contribution in [1.29, 1.82) is 0 Å². The number of fused-ring (bicyclic) bond motifs is 1. The standard InChI is InChI=1S/C25H22N6O4/c1-34-22-13-16(7-8-21(22)35-15-23(32)28-17-5-3-2-4-6-17)24-26-10-9-18(29-24)19-14-20-25(33)27-11-12-31(20)30-19/h2-10,13-14H,11-12,15H2,1H3,(H,27,33)(H,28,32). The molecule has 0 unspecified atom stereocenters. The van der Waals surface area contributed by atoms with Gasteiger partial charge in [-0.05, 0) is 42.5 Å². The fourth-order valence-corrected chi connectivity index (χ4v) is 3.69. The first-order valence-corrected chi connectivity index (χ1v) is 11.0. The zero-order chi connectivity index (χ0) is 24.2. The highest BCUT2D eigenvalue weighted by Gasteiger charge is 2.20. The molecule has 0 aliphatic carbocycles. The number of rotatable bonds is 7. The van der Waals surface area contributed by atoms with Gasteiger partial charge in [-0.3, -0.25) is 14.3 Å². The maximum Gasteiger partial charge on any atom is 0.269 e. The van der Waals surface area contributed by atoms with Crippen molar-refractivity contribution in [2.24, 2.45) is 0 Å². The molecule has 2 N–H and O–H groups in total. The van der Waals surface area contributed by atoms with Gasteiger partial charge < -0.3 is 20.1 Å². The van der Waals surface area contributed by atoms with E-state index in [1.165, 1.54) is 7.11 Å². The van der Waals surface area contributed by atoms with E-state index in [2.05, 4.69) is 25.7 Å². The lowest BCUT2D eigenvalue weighted by molar-refractivity contribution is -0.118. The van der Waals surface area contributed by atoms with Gasteiger partial charge in [-0.15, -0.1) is 0 Å². The Hall–Kier alpha value is -4.73. The van der Waals surface area contributed by atoms with Gasteiger partial charge in [-0.1, -0.05) is 18.2 Å². The molecule has 2 aromatic carbocycles. The summed E-state index contributed by atoms with van der Waals surface area (Å²) in [5.74, 6) is 0.892. The van der Waals surface area contributed by atoms with Gasteiger partial charge in [0.25, 0.3) is 11.8 Å². The molecule has 0 saturated carbocycles. The Balaban J connectivity index is 1.33. The highest BCUT2D eigenvalue weighted by molar-refractivity contribution is 5.94. The molecule has 1 aliphatic heterocycles. The van der Waals surface area contributed by atoms with Crippen LogP contribution in [-0.4, -0.2) is 51.8 Å². The number of para-hydroxylation sites is 1. The quantitative estimate of drug-likeness (QED) is 0.426. The maximum absolute atomic E-state index is 12.2. The van der Waals surface area contributed by atoms with Gasteiger partial charge in [0.1, 0.15) is 11.4 Å². The van der Waals surface area contributed by atoms with Crippen LogP contribution in [0.3, 0.4) is 0 Å². The molecule has 4 aromatic rings. The Morgan fingerprint density at radius 3 is 2.74 bits per heavy atom. The second kappa shape index (κ2) is 9.64. The second-order valence-corrected chi connectivity index (χ2v) is 7.73. The number of benzene rings is 2. The van der Waals surface area contributed by atoms with Crippen LogP contribution in [0, 0.1) is 0 Å². The van der Waals surface area contributed by atoms with Crippen molar-refractivity contribution in [2.75, 3.05) is 25.6 Å². The van der Waals surface area contributed by atoms with Crippen LogP contribution in [0.2, 0.25) is 0 Å². The molecule has 10 heteroatoms. The van der Waals surface area contributed by atoms with Crippen molar-refractivity contribution < 1.29 is 19.1 Å². The Bertz CT molecular complexity index is 1390. The molecule has 0 bridgehead atoms. The Morgan fingerprint density at radius 1 is 1.09 bits per heavy atom. The SMILES string of the molecule is COc1cc(-c2nccc(-c3cc4n(n3)CCNC4=O)n2)ccc1OCC(=O)Nc1ccccc1. The highest BCUT2D eigenvalue weighted by Crippen LogP contribution is 2.32. The summed E-state index contributed by atoms with van der Waals surface area (Å²) >= 11 is 0. The van der Waals surface area contributed by atoms with E-state index in [9.17, 15) is 9.59 Å². The van der Waals surface area contributed by atoms with Crippen LogP contribution < -0.4 is 20.1 Å². The van der Waals surface area contributed by atoms with Crippen LogP contribution in [0.25, 0.3) is 22.8 Å². The largest absolute Gasteiger partial charge is 0.493 e. The lowest BCUT2D eigenvalue weighted by Gasteiger charge is -2.13. The third kappa shape index (κ3) is 4.81. The minimum Gasteiger partial charge on any atom is -0.493 e. The molecule has 10 nitrogen and oxygen atoms in total. The van der Waals surface area contributed by atoms with E-state index in [4.69, 9.17) is 9.47 Å². The Morgan fingerprint density at radius 2 is 1.94 bits per heavy atom. The number of carbonyl (C=O) groups is 2. The fraction of sp³-hybridized carbons (Fsp3) is 0.160. The first kappa shape index (κ1) is 22.1. The summed E-state index contributed by atoms with van der Waals surface area (Å²) < 4.78 is 12.8. The second-order valence-electron chi connectivity index (χ2n) is 7.73. The molecule has 0 spiro atoms. The third-order valence-electron chi connectivity index (χ3n) is 5.38. The minimum atomic E-state index is -0.283. The summed E-state index contributed by atoms with van der Waals surface area (Å²) in [6.07, 6.45) is 1.64. The molecule has 35 heavy (non-hydrogen) atoms. The highest BCUT2D eigenvalue weighted by atomic mass is 16.5. The van der Waals surface area contributed by atoms with E-state index in [-0.39, 0.29) is 18.4 Å². The van der Waals surface area contributed by atoms with Gasteiger partial charge in [-0.25, -0.2) is 9.97 Å². The molecule has 176 valence electrons. The average Bonchev–Trinajstić information content (AvgIpc) is 3.34. The number of ether oxygens (including phenoxy) is 2. The van der Waals surface area contributed by atoms with Gasteiger partial charge in [0.05, 0.1) is 19.3 Å². The Labute approximate surface area is 200 Å². The Kier molecular flexibility index (Phi) is 6.08. The first-order chi connectivity index (χ1) is 17.1. The molecule has 1 aliphatic rings. The summed E-state index contributed by atoms with van der Waals surface area (Å²) in [6, 6.07) is 17.9. The molecule has 5 rings (SSSR count). The van der Waals surface area contributed by atoms with E-state index in [1.807, 2.05) is 18.2 Å². The third-order valence-corrected chi connectivity index (χ3v) is 5.38. The van der Waals surface area contributed by atoms with Crippen molar-refractivity contribution in [3.8, 4) is 34.3 Å². The van der Waals surface area contributed by atoms with Crippen LogP contribution in [-0.2, 0) is 11.3 Å². The van der Waals surface area contributed by atoms with Crippen LogP contribution in [0.15, 0.2) is 66.9 Å². The van der Waals surface area contributed by atoms with Gasteiger partial charge >= 0.3 is 0 Å². The number of nitrogens with zero attached hydrogens (tertiary/aromatic N) is 4.